The number of nitrogens with zero attached hydrogens (tertiary/aromatic N) is 2. The van der Waals surface area contributed by atoms with Crippen LogP contribution >= 0.6 is 0 Å². The number of hydrogen-bond donors (Lipinski definition) is 1. The fraction of sp³-hybridized carbons (Fsp3) is 0.636. The van der Waals surface area contributed by atoms with Gasteiger partial charge in [0.15, 0.2) is 0 Å². The van der Waals surface area contributed by atoms with E-state index in [4.69, 9.17) is 5.73 Å². The van der Waals surface area contributed by atoms with Crippen LogP contribution in [0.4, 0.5) is 5.82 Å². The molecule has 1 saturated carbocycles. The third kappa shape index (κ3) is 2.03. The number of nitrogen functional groups attached to an aromatic ring is 1. The molecule has 4 heteroatoms. The molecule has 2 N–H and O–H groups in total. The van der Waals surface area contributed by atoms with Gasteiger partial charge < -0.3 is 5.73 Å². The van der Waals surface area contributed by atoms with Gasteiger partial charge in [-0.15, -0.1) is 0 Å². The monoisotopic (exact) mass is 207 g/mol. The smallest absolute Gasteiger partial charge is 0.251 e. The van der Waals surface area contributed by atoms with Crippen molar-refractivity contribution in [1.29, 1.82) is 0 Å². The predicted molar refractivity (Wildman–Crippen MR) is 58.6 cm³/mol. The van der Waals surface area contributed by atoms with E-state index in [0.29, 0.717) is 5.82 Å². The number of carbonyl (C=O) groups is 1. The number of aryl methyl sites for hydroxylation is 1. The molecule has 1 aliphatic carbocycles. The molecule has 0 unspecified atom stereocenters. The second-order valence-corrected chi connectivity index (χ2v) is 4.30. The van der Waals surface area contributed by atoms with Crippen LogP contribution in [0.25, 0.3) is 0 Å². The molecule has 0 radical (unpaired) electrons. The van der Waals surface area contributed by atoms with Gasteiger partial charge in [0.1, 0.15) is 5.82 Å². The second kappa shape index (κ2) is 4.04. The van der Waals surface area contributed by atoms with Crippen LogP contribution < -0.4 is 5.73 Å². The standard InChI is InChI=1S/C11H17N3O/c1-8-7-10(12)14(13-8)11(15)9-5-3-2-4-6-9/h7,9H,2-6,12H2,1H3. The average Bonchev–Trinajstić information content (AvgIpc) is 2.58. The second-order valence-electron chi connectivity index (χ2n) is 4.30. The number of nitrogens with two attached hydrogens (primary N) is 1. The number of carbonyl (C=O) groups excluding carboxylic acids is 1. The normalized spacial score (nSPS) is 17.9. The lowest BCUT2D eigenvalue weighted by Gasteiger charge is -2.20. The van der Waals surface area contributed by atoms with Crippen LogP contribution in [0, 0.1) is 12.8 Å². The first-order valence-corrected chi connectivity index (χ1v) is 5.55. The van der Waals surface area contributed by atoms with Crippen molar-refractivity contribution >= 4 is 11.7 Å². The molecule has 1 aromatic rings. The van der Waals surface area contributed by atoms with E-state index in [2.05, 4.69) is 5.10 Å². The minimum absolute atomic E-state index is 0.0697. The fourth-order valence-corrected chi connectivity index (χ4v) is 2.22. The van der Waals surface area contributed by atoms with Crippen LogP contribution in [0.3, 0.4) is 0 Å². The molecule has 0 saturated heterocycles. The SMILES string of the molecule is Cc1cc(N)n(C(=O)C2CCCCC2)n1. The minimum Gasteiger partial charge on any atom is -0.383 e. The number of anilines is 1. The topological polar surface area (TPSA) is 60.9 Å². The van der Waals surface area contributed by atoms with Crippen molar-refractivity contribution in [3.05, 3.63) is 11.8 Å². The maximum absolute atomic E-state index is 12.1. The van der Waals surface area contributed by atoms with Crippen molar-refractivity contribution in [2.75, 3.05) is 5.73 Å². The van der Waals surface area contributed by atoms with Crippen LogP contribution in [-0.2, 0) is 0 Å². The Balaban J connectivity index is 2.16. The molecule has 0 aromatic carbocycles. The van der Waals surface area contributed by atoms with Crippen molar-refractivity contribution in [1.82, 2.24) is 9.78 Å². The van der Waals surface area contributed by atoms with Gasteiger partial charge in [-0.1, -0.05) is 19.3 Å². The molecule has 0 amide bonds. The van der Waals surface area contributed by atoms with Gasteiger partial charge in [-0.05, 0) is 19.8 Å². The summed E-state index contributed by atoms with van der Waals surface area (Å²) in [7, 11) is 0. The van der Waals surface area contributed by atoms with Crippen molar-refractivity contribution in [2.45, 2.75) is 39.0 Å². The van der Waals surface area contributed by atoms with Crippen molar-refractivity contribution < 1.29 is 4.79 Å². The summed E-state index contributed by atoms with van der Waals surface area (Å²) in [6, 6.07) is 1.74. The van der Waals surface area contributed by atoms with E-state index in [-0.39, 0.29) is 11.8 Å². The summed E-state index contributed by atoms with van der Waals surface area (Å²) >= 11 is 0. The van der Waals surface area contributed by atoms with E-state index < -0.39 is 0 Å². The Hall–Kier alpha value is -1.32. The highest BCUT2D eigenvalue weighted by atomic mass is 16.2. The Morgan fingerprint density at radius 2 is 2.13 bits per heavy atom. The molecule has 1 aliphatic rings. The van der Waals surface area contributed by atoms with Gasteiger partial charge in [-0.2, -0.15) is 9.78 Å². The number of hydrogen-bond acceptors (Lipinski definition) is 3. The molecule has 1 heterocycles. The van der Waals surface area contributed by atoms with E-state index in [1.165, 1.54) is 11.1 Å². The third-order valence-corrected chi connectivity index (χ3v) is 3.02. The summed E-state index contributed by atoms with van der Waals surface area (Å²) in [5.74, 6) is 0.656. The summed E-state index contributed by atoms with van der Waals surface area (Å²) in [6.07, 6.45) is 5.51. The number of rotatable bonds is 1. The maximum Gasteiger partial charge on any atom is 0.251 e. The summed E-state index contributed by atoms with van der Waals surface area (Å²) in [5, 5.41) is 4.13. The molecule has 0 bridgehead atoms. The molecule has 1 aromatic heterocycles. The summed E-state index contributed by atoms with van der Waals surface area (Å²) in [5.41, 5.74) is 6.53. The van der Waals surface area contributed by atoms with Crippen LogP contribution in [0.5, 0.6) is 0 Å². The lowest BCUT2D eigenvalue weighted by molar-refractivity contribution is 0.0787. The zero-order valence-electron chi connectivity index (χ0n) is 9.07. The highest BCUT2D eigenvalue weighted by Gasteiger charge is 2.24. The molecular weight excluding hydrogens is 190 g/mol. The van der Waals surface area contributed by atoms with E-state index in [1.807, 2.05) is 6.92 Å². The molecule has 15 heavy (non-hydrogen) atoms. The lowest BCUT2D eigenvalue weighted by atomic mass is 9.89. The van der Waals surface area contributed by atoms with Crippen LogP contribution in [-0.4, -0.2) is 15.7 Å². The molecule has 0 atom stereocenters. The lowest BCUT2D eigenvalue weighted by Crippen LogP contribution is -2.25. The first kappa shape index (κ1) is 10.2. The van der Waals surface area contributed by atoms with Crippen molar-refractivity contribution in [2.24, 2.45) is 5.92 Å². The molecule has 1 fully saturated rings. The Bertz CT molecular complexity index is 364. The minimum atomic E-state index is 0.0697. The number of aromatic nitrogens is 2. The molecule has 2 rings (SSSR count). The highest BCUT2D eigenvalue weighted by molar-refractivity contribution is 5.83. The zero-order chi connectivity index (χ0) is 10.8. The van der Waals surface area contributed by atoms with Crippen LogP contribution in [0.15, 0.2) is 6.07 Å². The van der Waals surface area contributed by atoms with Crippen LogP contribution in [0.2, 0.25) is 0 Å². The summed E-state index contributed by atoms with van der Waals surface area (Å²) < 4.78 is 1.37. The molecule has 4 nitrogen and oxygen atoms in total. The summed E-state index contributed by atoms with van der Waals surface area (Å²) in [4.78, 5) is 12.1. The van der Waals surface area contributed by atoms with E-state index in [1.54, 1.807) is 6.07 Å². The molecule has 0 spiro atoms. The van der Waals surface area contributed by atoms with Gasteiger partial charge in [0, 0.05) is 12.0 Å². The zero-order valence-corrected chi connectivity index (χ0v) is 9.07. The maximum atomic E-state index is 12.1. The molecule has 82 valence electrons. The highest BCUT2D eigenvalue weighted by Crippen LogP contribution is 2.25. The predicted octanol–water partition coefficient (Wildman–Crippen LogP) is 1.99. The molecule has 0 aliphatic heterocycles. The quantitative estimate of drug-likeness (QED) is 0.766. The van der Waals surface area contributed by atoms with E-state index in [0.717, 1.165) is 31.4 Å². The van der Waals surface area contributed by atoms with E-state index in [9.17, 15) is 4.79 Å². The van der Waals surface area contributed by atoms with Gasteiger partial charge >= 0.3 is 0 Å². The summed E-state index contributed by atoms with van der Waals surface area (Å²) in [6.45, 7) is 1.85. The third-order valence-electron chi connectivity index (χ3n) is 3.02. The van der Waals surface area contributed by atoms with Crippen molar-refractivity contribution in [3.63, 3.8) is 0 Å². The van der Waals surface area contributed by atoms with Crippen LogP contribution in [0.1, 0.15) is 42.6 Å². The van der Waals surface area contributed by atoms with Gasteiger partial charge in [-0.25, -0.2) is 0 Å². The van der Waals surface area contributed by atoms with Gasteiger partial charge in [0.05, 0.1) is 5.69 Å². The van der Waals surface area contributed by atoms with Crippen molar-refractivity contribution in [3.8, 4) is 0 Å². The Morgan fingerprint density at radius 1 is 1.47 bits per heavy atom. The van der Waals surface area contributed by atoms with E-state index >= 15 is 0 Å². The largest absolute Gasteiger partial charge is 0.383 e. The fourth-order valence-electron chi connectivity index (χ4n) is 2.22. The van der Waals surface area contributed by atoms with Gasteiger partial charge in [-0.3, -0.25) is 4.79 Å². The first-order chi connectivity index (χ1) is 7.18. The van der Waals surface area contributed by atoms with Gasteiger partial charge in [0.2, 0.25) is 0 Å². The Kier molecular flexibility index (Phi) is 2.75. The first-order valence-electron chi connectivity index (χ1n) is 5.55. The molecular formula is C11H17N3O. The Labute approximate surface area is 89.5 Å². The van der Waals surface area contributed by atoms with Gasteiger partial charge in [0.25, 0.3) is 5.91 Å². The Morgan fingerprint density at radius 3 is 2.67 bits per heavy atom. The average molecular weight is 207 g/mol.